The zero-order valence-corrected chi connectivity index (χ0v) is 17.0. The largest absolute Gasteiger partial charge is 0.466 e. The van der Waals surface area contributed by atoms with Gasteiger partial charge in [-0.2, -0.15) is 0 Å². The fourth-order valence-corrected chi connectivity index (χ4v) is 4.81. The molecule has 5 nitrogen and oxygen atoms in total. The summed E-state index contributed by atoms with van der Waals surface area (Å²) in [4.78, 5) is 23.6. The Kier molecular flexibility index (Phi) is 9.85. The lowest BCUT2D eigenvalue weighted by Gasteiger charge is -2.22. The number of rotatable bonds is 4. The van der Waals surface area contributed by atoms with Crippen LogP contribution in [0.5, 0.6) is 0 Å². The van der Waals surface area contributed by atoms with Gasteiger partial charge in [0.1, 0.15) is 0 Å². The van der Waals surface area contributed by atoms with E-state index in [1.54, 1.807) is 13.0 Å². The van der Waals surface area contributed by atoms with Gasteiger partial charge in [-0.25, -0.2) is 0 Å². The van der Waals surface area contributed by atoms with Crippen molar-refractivity contribution in [2.45, 2.75) is 103 Å². The number of carbonyl (C=O) groups excluding carboxylic acids is 1. The highest BCUT2D eigenvalue weighted by atomic mass is 16.6. The van der Waals surface area contributed by atoms with Crippen LogP contribution in [0.25, 0.3) is 0 Å². The van der Waals surface area contributed by atoms with E-state index in [4.69, 9.17) is 4.74 Å². The topological polar surface area (TPSA) is 69.4 Å². The minimum Gasteiger partial charge on any atom is -0.466 e. The predicted molar refractivity (Wildman–Crippen MR) is 107 cm³/mol. The summed E-state index contributed by atoms with van der Waals surface area (Å²) in [5.74, 6) is 0.310. The summed E-state index contributed by atoms with van der Waals surface area (Å²) >= 11 is 0. The van der Waals surface area contributed by atoms with E-state index in [9.17, 15) is 14.9 Å². The van der Waals surface area contributed by atoms with Crippen LogP contribution in [-0.2, 0) is 9.53 Å². The Morgan fingerprint density at radius 1 is 1.07 bits per heavy atom. The van der Waals surface area contributed by atoms with Crippen LogP contribution in [0.3, 0.4) is 0 Å². The Labute approximate surface area is 164 Å². The molecule has 5 heteroatoms. The second-order valence-electron chi connectivity index (χ2n) is 8.41. The molecule has 1 fully saturated rings. The van der Waals surface area contributed by atoms with E-state index in [-0.39, 0.29) is 23.2 Å². The molecule has 0 spiro atoms. The maximum Gasteiger partial charge on any atom is 0.309 e. The molecule has 27 heavy (non-hydrogen) atoms. The first kappa shape index (κ1) is 21.9. The van der Waals surface area contributed by atoms with Gasteiger partial charge >= 0.3 is 5.97 Å². The van der Waals surface area contributed by atoms with E-state index in [1.165, 1.54) is 51.4 Å². The van der Waals surface area contributed by atoms with Crippen molar-refractivity contribution in [3.63, 3.8) is 0 Å². The normalized spacial score (nSPS) is 28.3. The Balaban J connectivity index is 2.13. The third kappa shape index (κ3) is 8.02. The molecule has 3 atom stereocenters. The molecule has 0 amide bonds. The second-order valence-corrected chi connectivity index (χ2v) is 8.41. The highest BCUT2D eigenvalue weighted by Gasteiger charge is 2.35. The first-order chi connectivity index (χ1) is 13.1. The van der Waals surface area contributed by atoms with Crippen LogP contribution < -0.4 is 0 Å². The molecule has 1 saturated carbocycles. The molecule has 0 heterocycles. The zero-order chi connectivity index (χ0) is 19.5. The number of nitrogens with zero attached hydrogens (tertiary/aromatic N) is 1. The summed E-state index contributed by atoms with van der Waals surface area (Å²) in [5.41, 5.74) is 0.923. The molecular formula is C22H37NO4. The van der Waals surface area contributed by atoms with Gasteiger partial charge in [0.2, 0.25) is 6.04 Å². The molecule has 0 aromatic carbocycles. The SMILES string of the molecule is CCOC(=O)CC1=CC([N+](=O)[O-])[C@H]2CCCCCCCCCCCC(C1)C2. The fraction of sp³-hybridized carbons (Fsp3) is 0.864. The van der Waals surface area contributed by atoms with Gasteiger partial charge in [0.05, 0.1) is 13.0 Å². The second kappa shape index (κ2) is 12.1. The van der Waals surface area contributed by atoms with Crippen molar-refractivity contribution >= 4 is 5.97 Å². The summed E-state index contributed by atoms with van der Waals surface area (Å²) < 4.78 is 5.09. The van der Waals surface area contributed by atoms with Crippen molar-refractivity contribution in [1.82, 2.24) is 0 Å². The Hall–Kier alpha value is -1.39. The fourth-order valence-electron chi connectivity index (χ4n) is 4.81. The Bertz CT molecular complexity index is 503. The van der Waals surface area contributed by atoms with Crippen LogP contribution in [0, 0.1) is 22.0 Å². The summed E-state index contributed by atoms with van der Waals surface area (Å²) in [6, 6.07) is -0.646. The molecule has 154 valence electrons. The third-order valence-electron chi connectivity index (χ3n) is 6.18. The Morgan fingerprint density at radius 2 is 1.67 bits per heavy atom. The molecule has 2 rings (SSSR count). The van der Waals surface area contributed by atoms with Crippen LogP contribution >= 0.6 is 0 Å². The van der Waals surface area contributed by atoms with E-state index in [1.807, 2.05) is 0 Å². The predicted octanol–water partition coefficient (Wildman–Crippen LogP) is 5.84. The van der Waals surface area contributed by atoms with E-state index >= 15 is 0 Å². The van der Waals surface area contributed by atoms with Crippen LogP contribution in [0.15, 0.2) is 11.6 Å². The lowest BCUT2D eigenvalue weighted by Crippen LogP contribution is -2.28. The molecule has 0 N–H and O–H groups in total. The maximum absolute atomic E-state index is 12.0. The summed E-state index contributed by atoms with van der Waals surface area (Å²) in [7, 11) is 0. The highest BCUT2D eigenvalue weighted by Crippen LogP contribution is 2.36. The average molecular weight is 380 g/mol. The number of esters is 1. The maximum atomic E-state index is 12.0. The van der Waals surface area contributed by atoms with Gasteiger partial charge in [-0.05, 0) is 38.2 Å². The van der Waals surface area contributed by atoms with Crippen molar-refractivity contribution in [2.75, 3.05) is 6.61 Å². The van der Waals surface area contributed by atoms with Crippen molar-refractivity contribution < 1.29 is 14.5 Å². The van der Waals surface area contributed by atoms with Gasteiger partial charge in [-0.3, -0.25) is 14.9 Å². The lowest BCUT2D eigenvalue weighted by molar-refractivity contribution is -0.519. The van der Waals surface area contributed by atoms with Gasteiger partial charge < -0.3 is 4.74 Å². The number of fused-ring (bicyclic) bond motifs is 2. The molecule has 0 aromatic heterocycles. The Morgan fingerprint density at radius 3 is 2.26 bits per heavy atom. The van der Waals surface area contributed by atoms with E-state index in [0.29, 0.717) is 12.5 Å². The van der Waals surface area contributed by atoms with Crippen molar-refractivity contribution in [1.29, 1.82) is 0 Å². The molecular weight excluding hydrogens is 342 g/mol. The highest BCUT2D eigenvalue weighted by molar-refractivity contribution is 5.72. The molecule has 2 bridgehead atoms. The number of hydrogen-bond donors (Lipinski definition) is 0. The lowest BCUT2D eigenvalue weighted by atomic mass is 9.83. The van der Waals surface area contributed by atoms with E-state index in [2.05, 4.69) is 0 Å². The van der Waals surface area contributed by atoms with Crippen LogP contribution in [0.2, 0.25) is 0 Å². The standard InChI is InChI=1S/C22H37NO4/c1-2-27-22(24)17-19-14-18-12-10-8-6-4-3-5-7-9-11-13-20(15-18)21(16-19)23(25)26/h16,18,20-21H,2-15,17H2,1H3/t18?,20-,21?/m0/s1. The molecule has 0 radical (unpaired) electrons. The van der Waals surface area contributed by atoms with Crippen LogP contribution in [0.4, 0.5) is 0 Å². The summed E-state index contributed by atoms with van der Waals surface area (Å²) in [5, 5.41) is 11.8. The third-order valence-corrected chi connectivity index (χ3v) is 6.18. The minimum absolute atomic E-state index is 0.104. The summed E-state index contributed by atoms with van der Waals surface area (Å²) in [6.07, 6.45) is 17.1. The zero-order valence-electron chi connectivity index (χ0n) is 17.0. The van der Waals surface area contributed by atoms with Crippen LogP contribution in [0.1, 0.15) is 96.8 Å². The van der Waals surface area contributed by atoms with Crippen LogP contribution in [-0.4, -0.2) is 23.5 Å². The van der Waals surface area contributed by atoms with Gasteiger partial charge in [-0.15, -0.1) is 0 Å². The van der Waals surface area contributed by atoms with E-state index < -0.39 is 6.04 Å². The van der Waals surface area contributed by atoms with Gasteiger partial charge in [0.25, 0.3) is 0 Å². The first-order valence-electron chi connectivity index (χ1n) is 11.1. The van der Waals surface area contributed by atoms with E-state index in [0.717, 1.165) is 37.7 Å². The molecule has 0 aliphatic heterocycles. The van der Waals surface area contributed by atoms with Crippen molar-refractivity contribution in [3.05, 3.63) is 21.8 Å². The monoisotopic (exact) mass is 379 g/mol. The smallest absolute Gasteiger partial charge is 0.309 e. The summed E-state index contributed by atoms with van der Waals surface area (Å²) in [6.45, 7) is 2.15. The van der Waals surface area contributed by atoms with Gasteiger partial charge in [-0.1, -0.05) is 69.8 Å². The number of ether oxygens (including phenoxy) is 1. The average Bonchev–Trinajstić information content (AvgIpc) is 2.78. The minimum atomic E-state index is -0.646. The number of hydrogen-bond acceptors (Lipinski definition) is 4. The van der Waals surface area contributed by atoms with Crippen molar-refractivity contribution in [3.8, 4) is 0 Å². The molecule has 2 aliphatic carbocycles. The molecule has 2 aliphatic rings. The quantitative estimate of drug-likeness (QED) is 0.266. The molecule has 2 unspecified atom stereocenters. The van der Waals surface area contributed by atoms with Crippen molar-refractivity contribution in [2.24, 2.45) is 11.8 Å². The molecule has 0 saturated heterocycles. The number of nitro groups is 1. The molecule has 0 aromatic rings. The first-order valence-corrected chi connectivity index (χ1v) is 11.1. The van der Waals surface area contributed by atoms with Gasteiger partial charge in [0, 0.05) is 10.8 Å². The van der Waals surface area contributed by atoms with Gasteiger partial charge in [0.15, 0.2) is 0 Å². The number of carbonyl (C=O) groups is 1.